The molecule has 1 unspecified atom stereocenters. The van der Waals surface area contributed by atoms with E-state index in [1.165, 1.54) is 0 Å². The molecule has 0 aliphatic carbocycles. The largest absolute Gasteiger partial charge is 0.399 e. The van der Waals surface area contributed by atoms with E-state index in [-0.39, 0.29) is 0 Å². The molecule has 2 aromatic carbocycles. The van der Waals surface area contributed by atoms with Gasteiger partial charge in [-0.25, -0.2) is 0 Å². The molecule has 2 N–H and O–H groups in total. The molecule has 0 saturated heterocycles. The highest BCUT2D eigenvalue weighted by Crippen LogP contribution is 2.23. The first kappa shape index (κ1) is 13.3. The molecule has 1 atom stereocenters. The van der Waals surface area contributed by atoms with E-state index in [2.05, 4.69) is 15.9 Å². The van der Waals surface area contributed by atoms with Crippen LogP contribution in [0.15, 0.2) is 51.8 Å². The molecule has 0 aliphatic rings. The molecule has 0 saturated carbocycles. The van der Waals surface area contributed by atoms with Gasteiger partial charge in [0.1, 0.15) is 0 Å². The first-order chi connectivity index (χ1) is 8.58. The quantitative estimate of drug-likeness (QED) is 0.876. The lowest BCUT2D eigenvalue weighted by molar-refractivity contribution is 0.682. The predicted octanol–water partition coefficient (Wildman–Crippen LogP) is 3.65. The van der Waals surface area contributed by atoms with Crippen molar-refractivity contribution in [2.75, 3.05) is 5.73 Å². The summed E-state index contributed by atoms with van der Waals surface area (Å²) in [4.78, 5) is 0.890. The Morgan fingerprint density at radius 2 is 1.94 bits per heavy atom. The van der Waals surface area contributed by atoms with Gasteiger partial charge in [0, 0.05) is 15.1 Å². The summed E-state index contributed by atoms with van der Waals surface area (Å²) in [6.45, 7) is 1.98. The van der Waals surface area contributed by atoms with E-state index in [0.29, 0.717) is 11.4 Å². The number of hydrogen-bond acceptors (Lipinski definition) is 2. The van der Waals surface area contributed by atoms with Crippen LogP contribution in [0.1, 0.15) is 11.1 Å². The van der Waals surface area contributed by atoms with Crippen molar-refractivity contribution in [3.63, 3.8) is 0 Å². The number of hydrogen-bond donors (Lipinski definition) is 1. The van der Waals surface area contributed by atoms with Crippen molar-refractivity contribution in [3.8, 4) is 0 Å². The van der Waals surface area contributed by atoms with Crippen LogP contribution in [0.25, 0.3) is 0 Å². The second kappa shape index (κ2) is 5.67. The number of nitrogen functional groups attached to an aromatic ring is 1. The molecule has 2 aromatic rings. The second-order valence-electron chi connectivity index (χ2n) is 4.11. The van der Waals surface area contributed by atoms with E-state index in [4.69, 9.17) is 5.73 Å². The van der Waals surface area contributed by atoms with Gasteiger partial charge in [0.25, 0.3) is 0 Å². The first-order valence-corrected chi connectivity index (χ1v) is 7.67. The van der Waals surface area contributed by atoms with Crippen LogP contribution in [0.2, 0.25) is 0 Å². The number of anilines is 1. The molecule has 2 nitrogen and oxygen atoms in total. The Labute approximate surface area is 118 Å². The zero-order chi connectivity index (χ0) is 13.1. The first-order valence-electron chi connectivity index (χ1n) is 5.56. The van der Waals surface area contributed by atoms with E-state index in [1.54, 1.807) is 0 Å². The van der Waals surface area contributed by atoms with Gasteiger partial charge in [-0.15, -0.1) is 0 Å². The maximum absolute atomic E-state index is 12.3. The van der Waals surface area contributed by atoms with Crippen molar-refractivity contribution in [1.29, 1.82) is 0 Å². The molecule has 0 bridgehead atoms. The zero-order valence-corrected chi connectivity index (χ0v) is 12.4. The SMILES string of the molecule is Cc1ccccc1S(=O)Cc1ccc(N)cc1Br. The third-order valence-electron chi connectivity index (χ3n) is 2.70. The second-order valence-corrected chi connectivity index (χ2v) is 6.38. The van der Waals surface area contributed by atoms with Crippen molar-refractivity contribution in [2.45, 2.75) is 17.6 Å². The van der Waals surface area contributed by atoms with Crippen LogP contribution in [0.4, 0.5) is 5.69 Å². The maximum Gasteiger partial charge on any atom is 0.0577 e. The molecule has 4 heteroatoms. The molecular weight excluding hydrogens is 310 g/mol. The molecule has 94 valence electrons. The standard InChI is InChI=1S/C14H14BrNOS/c1-10-4-2-3-5-14(10)18(17)9-11-6-7-12(16)8-13(11)15/h2-8H,9,16H2,1H3. The van der Waals surface area contributed by atoms with Crippen molar-refractivity contribution in [2.24, 2.45) is 0 Å². The lowest BCUT2D eigenvalue weighted by atomic mass is 10.2. The normalized spacial score (nSPS) is 12.3. The van der Waals surface area contributed by atoms with Gasteiger partial charge in [0.2, 0.25) is 0 Å². The Balaban J connectivity index is 2.24. The third kappa shape index (κ3) is 3.00. The van der Waals surface area contributed by atoms with Gasteiger partial charge in [-0.05, 0) is 36.2 Å². The summed E-state index contributed by atoms with van der Waals surface area (Å²) in [5, 5.41) is 0. The molecule has 2 rings (SSSR count). The van der Waals surface area contributed by atoms with E-state index >= 15 is 0 Å². The summed E-state index contributed by atoms with van der Waals surface area (Å²) in [6, 6.07) is 13.3. The van der Waals surface area contributed by atoms with Gasteiger partial charge >= 0.3 is 0 Å². The summed E-state index contributed by atoms with van der Waals surface area (Å²) in [7, 11) is -1.03. The highest BCUT2D eigenvalue weighted by molar-refractivity contribution is 9.10. The fourth-order valence-electron chi connectivity index (χ4n) is 1.71. The molecule has 0 aromatic heterocycles. The predicted molar refractivity (Wildman–Crippen MR) is 79.8 cm³/mol. The highest BCUT2D eigenvalue weighted by atomic mass is 79.9. The fraction of sp³-hybridized carbons (Fsp3) is 0.143. The van der Waals surface area contributed by atoms with Crippen molar-refractivity contribution >= 4 is 32.4 Å². The Morgan fingerprint density at radius 3 is 2.61 bits per heavy atom. The lowest BCUT2D eigenvalue weighted by Gasteiger charge is -2.08. The van der Waals surface area contributed by atoms with E-state index < -0.39 is 10.8 Å². The molecule has 18 heavy (non-hydrogen) atoms. The Bertz CT molecular complexity index is 598. The van der Waals surface area contributed by atoms with Crippen molar-refractivity contribution in [3.05, 3.63) is 58.1 Å². The van der Waals surface area contributed by atoms with Crippen LogP contribution >= 0.6 is 15.9 Å². The van der Waals surface area contributed by atoms with E-state index in [0.717, 1.165) is 20.5 Å². The minimum Gasteiger partial charge on any atom is -0.399 e. The van der Waals surface area contributed by atoms with Gasteiger partial charge in [0.15, 0.2) is 0 Å². The number of halogens is 1. The zero-order valence-electron chi connectivity index (χ0n) is 10.0. The van der Waals surface area contributed by atoms with Crippen LogP contribution in [-0.4, -0.2) is 4.21 Å². The number of aryl methyl sites for hydroxylation is 1. The smallest absolute Gasteiger partial charge is 0.0577 e. The molecule has 0 spiro atoms. The maximum atomic E-state index is 12.3. The van der Waals surface area contributed by atoms with Crippen molar-refractivity contribution < 1.29 is 4.21 Å². The Kier molecular flexibility index (Phi) is 4.19. The van der Waals surface area contributed by atoms with E-state index in [1.807, 2.05) is 49.4 Å². The van der Waals surface area contributed by atoms with Crippen molar-refractivity contribution in [1.82, 2.24) is 0 Å². The molecule has 0 aliphatic heterocycles. The molecular formula is C14H14BrNOS. The number of benzene rings is 2. The van der Waals surface area contributed by atoms with Gasteiger partial charge in [0.05, 0.1) is 16.6 Å². The monoisotopic (exact) mass is 323 g/mol. The van der Waals surface area contributed by atoms with Crippen LogP contribution in [0.3, 0.4) is 0 Å². The summed E-state index contributed by atoms with van der Waals surface area (Å²) >= 11 is 3.45. The minimum absolute atomic E-state index is 0.492. The average molecular weight is 324 g/mol. The third-order valence-corrected chi connectivity index (χ3v) is 4.96. The number of nitrogens with two attached hydrogens (primary N) is 1. The Morgan fingerprint density at radius 1 is 1.22 bits per heavy atom. The summed E-state index contributed by atoms with van der Waals surface area (Å²) in [6.07, 6.45) is 0. The summed E-state index contributed by atoms with van der Waals surface area (Å²) < 4.78 is 13.2. The van der Waals surface area contributed by atoms with Crippen LogP contribution in [0, 0.1) is 6.92 Å². The average Bonchev–Trinajstić information content (AvgIpc) is 2.33. The molecule has 0 amide bonds. The molecule has 0 fully saturated rings. The fourth-order valence-corrected chi connectivity index (χ4v) is 3.78. The van der Waals surface area contributed by atoms with Crippen LogP contribution in [-0.2, 0) is 16.6 Å². The lowest BCUT2D eigenvalue weighted by Crippen LogP contribution is -2.00. The van der Waals surface area contributed by atoms with Gasteiger partial charge in [-0.2, -0.15) is 0 Å². The minimum atomic E-state index is -1.03. The Hall–Kier alpha value is -1.13. The topological polar surface area (TPSA) is 43.1 Å². The summed E-state index contributed by atoms with van der Waals surface area (Å²) in [5.41, 5.74) is 8.45. The van der Waals surface area contributed by atoms with Crippen LogP contribution in [0.5, 0.6) is 0 Å². The van der Waals surface area contributed by atoms with Crippen LogP contribution < -0.4 is 5.73 Å². The van der Waals surface area contributed by atoms with Gasteiger partial charge in [-0.1, -0.05) is 40.2 Å². The number of rotatable bonds is 3. The van der Waals surface area contributed by atoms with Gasteiger partial charge in [-0.3, -0.25) is 4.21 Å². The van der Waals surface area contributed by atoms with E-state index in [9.17, 15) is 4.21 Å². The molecule has 0 radical (unpaired) electrons. The van der Waals surface area contributed by atoms with Gasteiger partial charge < -0.3 is 5.73 Å². The summed E-state index contributed by atoms with van der Waals surface area (Å²) in [5.74, 6) is 0.492. The highest BCUT2D eigenvalue weighted by Gasteiger charge is 2.09. The molecule has 0 heterocycles.